The van der Waals surface area contributed by atoms with Crippen LogP contribution in [0.3, 0.4) is 0 Å². The summed E-state index contributed by atoms with van der Waals surface area (Å²) >= 11 is 0. The highest BCUT2D eigenvalue weighted by Gasteiger charge is 2.27. The molecule has 0 unspecified atom stereocenters. The number of hydrogen-bond donors (Lipinski definition) is 1. The van der Waals surface area contributed by atoms with E-state index in [1.54, 1.807) is 0 Å². The van der Waals surface area contributed by atoms with E-state index in [1.165, 1.54) is 4.31 Å². The number of hydrogen-bond acceptors (Lipinski definition) is 3. The zero-order valence-electron chi connectivity index (χ0n) is 13.5. The number of nitrogens with one attached hydrogen (secondary N) is 1. The maximum atomic E-state index is 12.7. The minimum Gasteiger partial charge on any atom is -0.379 e. The summed E-state index contributed by atoms with van der Waals surface area (Å²) in [5.74, 6) is 0. The van der Waals surface area contributed by atoms with Gasteiger partial charge in [0, 0.05) is 13.1 Å². The second-order valence-corrected chi connectivity index (χ2v) is 7.49. The van der Waals surface area contributed by atoms with E-state index in [4.69, 9.17) is 4.74 Å². The van der Waals surface area contributed by atoms with E-state index < -0.39 is 10.2 Å². The van der Waals surface area contributed by atoms with Crippen molar-refractivity contribution in [1.29, 1.82) is 0 Å². The molecule has 1 N–H and O–H groups in total. The normalized spacial score (nSPS) is 17.5. The summed E-state index contributed by atoms with van der Waals surface area (Å²) in [4.78, 5) is 0. The van der Waals surface area contributed by atoms with Crippen LogP contribution in [-0.2, 0) is 21.4 Å². The molecule has 1 aliphatic rings. The van der Waals surface area contributed by atoms with Gasteiger partial charge in [-0.1, -0.05) is 60.7 Å². The molecule has 0 bridgehead atoms. The molecule has 2 aromatic rings. The molecule has 0 radical (unpaired) electrons. The monoisotopic (exact) mass is 346 g/mol. The van der Waals surface area contributed by atoms with Crippen LogP contribution < -0.4 is 4.72 Å². The van der Waals surface area contributed by atoms with Gasteiger partial charge >= 0.3 is 0 Å². The molecule has 0 saturated carbocycles. The van der Waals surface area contributed by atoms with Gasteiger partial charge in [-0.15, -0.1) is 0 Å². The number of benzene rings is 2. The van der Waals surface area contributed by atoms with Gasteiger partial charge in [-0.3, -0.25) is 0 Å². The second-order valence-electron chi connectivity index (χ2n) is 5.79. The quantitative estimate of drug-likeness (QED) is 0.872. The lowest BCUT2D eigenvalue weighted by molar-refractivity contribution is 0.0723. The molecule has 3 rings (SSSR count). The van der Waals surface area contributed by atoms with Crippen LogP contribution in [-0.4, -0.2) is 39.0 Å². The Morgan fingerprint density at radius 3 is 2.17 bits per heavy atom. The lowest BCUT2D eigenvalue weighted by atomic mass is 10.00. The van der Waals surface area contributed by atoms with Gasteiger partial charge in [-0.05, 0) is 17.5 Å². The van der Waals surface area contributed by atoms with Gasteiger partial charge in [0.2, 0.25) is 0 Å². The van der Waals surface area contributed by atoms with E-state index >= 15 is 0 Å². The molecule has 6 heteroatoms. The van der Waals surface area contributed by atoms with E-state index in [-0.39, 0.29) is 6.04 Å². The zero-order chi connectivity index (χ0) is 16.8. The van der Waals surface area contributed by atoms with Gasteiger partial charge in [0.05, 0.1) is 19.3 Å². The summed E-state index contributed by atoms with van der Waals surface area (Å²) < 4.78 is 35.0. The van der Waals surface area contributed by atoms with E-state index in [0.717, 1.165) is 11.1 Å². The highest BCUT2D eigenvalue weighted by Crippen LogP contribution is 2.20. The van der Waals surface area contributed by atoms with Crippen LogP contribution in [0.25, 0.3) is 0 Å². The van der Waals surface area contributed by atoms with Crippen LogP contribution >= 0.6 is 0 Å². The molecule has 2 aromatic carbocycles. The number of morpholine rings is 1. The van der Waals surface area contributed by atoms with Crippen molar-refractivity contribution in [2.45, 2.75) is 12.5 Å². The van der Waals surface area contributed by atoms with Crippen molar-refractivity contribution >= 4 is 10.2 Å². The van der Waals surface area contributed by atoms with Crippen molar-refractivity contribution in [2.75, 3.05) is 26.3 Å². The first-order valence-corrected chi connectivity index (χ1v) is 9.53. The van der Waals surface area contributed by atoms with Crippen molar-refractivity contribution in [3.63, 3.8) is 0 Å². The molecule has 1 aliphatic heterocycles. The van der Waals surface area contributed by atoms with Crippen LogP contribution in [0.2, 0.25) is 0 Å². The van der Waals surface area contributed by atoms with Gasteiger partial charge in [0.15, 0.2) is 0 Å². The van der Waals surface area contributed by atoms with Gasteiger partial charge in [-0.25, -0.2) is 0 Å². The fraction of sp³-hybridized carbons (Fsp3) is 0.333. The van der Waals surface area contributed by atoms with Crippen molar-refractivity contribution in [1.82, 2.24) is 9.03 Å². The summed E-state index contributed by atoms with van der Waals surface area (Å²) in [6.07, 6.45) is 0.606. The fourth-order valence-corrected chi connectivity index (χ4v) is 4.16. The number of rotatable bonds is 6. The number of ether oxygens (including phenoxy) is 1. The summed E-state index contributed by atoms with van der Waals surface area (Å²) in [5.41, 5.74) is 2.05. The minimum atomic E-state index is -3.55. The summed E-state index contributed by atoms with van der Waals surface area (Å²) in [6.45, 7) is 1.66. The average Bonchev–Trinajstić information content (AvgIpc) is 2.63. The molecule has 5 nitrogen and oxygen atoms in total. The minimum absolute atomic E-state index is 0.304. The first-order chi connectivity index (χ1) is 11.6. The Labute approximate surface area is 143 Å². The third-order valence-corrected chi connectivity index (χ3v) is 5.71. The molecule has 0 amide bonds. The highest BCUT2D eigenvalue weighted by atomic mass is 32.2. The third-order valence-electron chi connectivity index (χ3n) is 4.09. The van der Waals surface area contributed by atoms with Gasteiger partial charge in [0.1, 0.15) is 0 Å². The average molecular weight is 346 g/mol. The smallest absolute Gasteiger partial charge is 0.280 e. The van der Waals surface area contributed by atoms with Gasteiger partial charge in [0.25, 0.3) is 10.2 Å². The summed E-state index contributed by atoms with van der Waals surface area (Å²) in [5, 5.41) is 0. The van der Waals surface area contributed by atoms with Crippen molar-refractivity contribution in [3.05, 3.63) is 71.8 Å². The maximum Gasteiger partial charge on any atom is 0.280 e. The Morgan fingerprint density at radius 1 is 0.958 bits per heavy atom. The van der Waals surface area contributed by atoms with Gasteiger partial charge < -0.3 is 4.74 Å². The van der Waals surface area contributed by atoms with Crippen LogP contribution in [0, 0.1) is 0 Å². The SMILES string of the molecule is O=S(=O)(N[C@@H](Cc1ccccc1)c1ccccc1)N1CCOCC1. The first-order valence-electron chi connectivity index (χ1n) is 8.09. The lowest BCUT2D eigenvalue weighted by Gasteiger charge is -2.29. The predicted molar refractivity (Wildman–Crippen MR) is 93.8 cm³/mol. The van der Waals surface area contributed by atoms with Crippen molar-refractivity contribution < 1.29 is 13.2 Å². The topological polar surface area (TPSA) is 58.6 Å². The third kappa shape index (κ3) is 4.42. The molecule has 1 heterocycles. The fourth-order valence-electron chi connectivity index (χ4n) is 2.80. The molecule has 1 atom stereocenters. The molecule has 0 aromatic heterocycles. The van der Waals surface area contributed by atoms with Crippen LogP contribution in [0.15, 0.2) is 60.7 Å². The molecule has 0 spiro atoms. The van der Waals surface area contributed by atoms with E-state index in [2.05, 4.69) is 4.72 Å². The Hall–Kier alpha value is -1.73. The second kappa shape index (κ2) is 7.90. The number of nitrogens with zero attached hydrogens (tertiary/aromatic N) is 1. The Morgan fingerprint density at radius 2 is 1.54 bits per heavy atom. The van der Waals surface area contributed by atoms with Crippen molar-refractivity contribution in [2.24, 2.45) is 0 Å². The van der Waals surface area contributed by atoms with Crippen LogP contribution in [0.5, 0.6) is 0 Å². The van der Waals surface area contributed by atoms with E-state index in [9.17, 15) is 8.42 Å². The Balaban J connectivity index is 1.82. The van der Waals surface area contributed by atoms with Crippen molar-refractivity contribution in [3.8, 4) is 0 Å². The van der Waals surface area contributed by atoms with Crippen LogP contribution in [0.1, 0.15) is 17.2 Å². The largest absolute Gasteiger partial charge is 0.379 e. The molecule has 128 valence electrons. The molecular weight excluding hydrogens is 324 g/mol. The lowest BCUT2D eigenvalue weighted by Crippen LogP contribution is -2.47. The zero-order valence-corrected chi connectivity index (χ0v) is 14.3. The summed E-state index contributed by atoms with van der Waals surface area (Å²) in [6, 6.07) is 19.3. The first kappa shape index (κ1) is 17.1. The molecule has 1 saturated heterocycles. The molecular formula is C18H22N2O3S. The molecule has 24 heavy (non-hydrogen) atoms. The van der Waals surface area contributed by atoms with E-state index in [0.29, 0.717) is 32.7 Å². The molecule has 1 fully saturated rings. The molecule has 0 aliphatic carbocycles. The Kier molecular flexibility index (Phi) is 5.63. The van der Waals surface area contributed by atoms with Crippen LogP contribution in [0.4, 0.5) is 0 Å². The Bertz CT molecular complexity index is 729. The summed E-state index contributed by atoms with van der Waals surface area (Å²) in [7, 11) is -3.55. The standard InChI is InChI=1S/C18H22N2O3S/c21-24(22,20-11-13-23-14-12-20)19-18(17-9-5-2-6-10-17)15-16-7-3-1-4-8-16/h1-10,18-19H,11-15H2/t18-/m0/s1. The maximum absolute atomic E-state index is 12.7. The highest BCUT2D eigenvalue weighted by molar-refractivity contribution is 7.87. The predicted octanol–water partition coefficient (Wildman–Crippen LogP) is 2.14. The van der Waals surface area contributed by atoms with E-state index in [1.807, 2.05) is 60.7 Å². The van der Waals surface area contributed by atoms with Gasteiger partial charge in [-0.2, -0.15) is 17.4 Å².